The molecule has 0 aliphatic carbocycles. The SMILES string of the molecule is COc1cc2c(N)ncnc2cc1C#CCN1CCCC1. The zero-order valence-corrected chi connectivity index (χ0v) is 12.1. The molecule has 5 nitrogen and oxygen atoms in total. The van der Waals surface area contributed by atoms with Crippen LogP contribution in [0.2, 0.25) is 0 Å². The predicted octanol–water partition coefficient (Wildman–Crippen LogP) is 1.67. The van der Waals surface area contributed by atoms with Gasteiger partial charge in [-0.3, -0.25) is 4.90 Å². The van der Waals surface area contributed by atoms with Gasteiger partial charge >= 0.3 is 0 Å². The number of hydrogen-bond acceptors (Lipinski definition) is 5. The normalized spacial score (nSPS) is 14.9. The third-order valence-electron chi connectivity index (χ3n) is 3.71. The number of benzene rings is 1. The van der Waals surface area contributed by atoms with E-state index in [-0.39, 0.29) is 0 Å². The van der Waals surface area contributed by atoms with Crippen LogP contribution < -0.4 is 10.5 Å². The number of rotatable bonds is 2. The van der Waals surface area contributed by atoms with Gasteiger partial charge in [-0.15, -0.1) is 0 Å². The van der Waals surface area contributed by atoms with Crippen LogP contribution in [-0.4, -0.2) is 41.6 Å². The van der Waals surface area contributed by atoms with Crippen molar-refractivity contribution in [3.8, 4) is 17.6 Å². The molecule has 108 valence electrons. The number of aromatic nitrogens is 2. The van der Waals surface area contributed by atoms with E-state index in [9.17, 15) is 0 Å². The first-order valence-electron chi connectivity index (χ1n) is 7.07. The van der Waals surface area contributed by atoms with Gasteiger partial charge in [0, 0.05) is 5.39 Å². The van der Waals surface area contributed by atoms with Crippen molar-refractivity contribution >= 4 is 16.7 Å². The first kappa shape index (κ1) is 13.7. The predicted molar refractivity (Wildman–Crippen MR) is 83.1 cm³/mol. The molecule has 2 N–H and O–H groups in total. The summed E-state index contributed by atoms with van der Waals surface area (Å²) < 4.78 is 5.40. The molecule has 0 bridgehead atoms. The molecule has 1 fully saturated rings. The molecule has 0 unspecified atom stereocenters. The van der Waals surface area contributed by atoms with Crippen LogP contribution in [0.25, 0.3) is 10.9 Å². The first-order chi connectivity index (χ1) is 10.3. The van der Waals surface area contributed by atoms with Crippen molar-refractivity contribution in [3.05, 3.63) is 24.0 Å². The number of fused-ring (bicyclic) bond motifs is 1. The Labute approximate surface area is 124 Å². The fourth-order valence-electron chi connectivity index (χ4n) is 2.56. The van der Waals surface area contributed by atoms with Crippen LogP contribution in [0, 0.1) is 11.8 Å². The Balaban J connectivity index is 1.91. The number of nitrogens with two attached hydrogens (primary N) is 1. The van der Waals surface area contributed by atoms with E-state index in [1.807, 2.05) is 12.1 Å². The first-order valence-corrected chi connectivity index (χ1v) is 7.07. The average molecular weight is 282 g/mol. The van der Waals surface area contributed by atoms with E-state index >= 15 is 0 Å². The van der Waals surface area contributed by atoms with Crippen molar-refractivity contribution in [2.45, 2.75) is 12.8 Å². The number of nitrogens with zero attached hydrogens (tertiary/aromatic N) is 3. The minimum Gasteiger partial charge on any atom is -0.495 e. The summed E-state index contributed by atoms with van der Waals surface area (Å²) in [6.07, 6.45) is 4.01. The molecule has 1 aromatic heterocycles. The highest BCUT2D eigenvalue weighted by molar-refractivity contribution is 5.90. The Kier molecular flexibility index (Phi) is 3.89. The molecular formula is C16H18N4O. The summed E-state index contributed by atoms with van der Waals surface area (Å²) in [5.41, 5.74) is 7.48. The molecule has 5 heteroatoms. The van der Waals surface area contributed by atoms with Gasteiger partial charge in [0.1, 0.15) is 17.9 Å². The summed E-state index contributed by atoms with van der Waals surface area (Å²) >= 11 is 0. The van der Waals surface area contributed by atoms with Crippen LogP contribution in [0.1, 0.15) is 18.4 Å². The highest BCUT2D eigenvalue weighted by atomic mass is 16.5. The van der Waals surface area contributed by atoms with E-state index in [0.29, 0.717) is 11.6 Å². The van der Waals surface area contributed by atoms with E-state index in [1.165, 1.54) is 19.2 Å². The average Bonchev–Trinajstić information content (AvgIpc) is 3.00. The molecule has 21 heavy (non-hydrogen) atoms. The van der Waals surface area contributed by atoms with Crippen molar-refractivity contribution in [1.29, 1.82) is 0 Å². The molecule has 2 aromatic rings. The maximum absolute atomic E-state index is 5.86. The maximum atomic E-state index is 5.86. The Hall–Kier alpha value is -2.32. The molecular weight excluding hydrogens is 264 g/mol. The number of hydrogen-bond donors (Lipinski definition) is 1. The van der Waals surface area contributed by atoms with Gasteiger partial charge in [0.25, 0.3) is 0 Å². The van der Waals surface area contributed by atoms with Gasteiger partial charge in [-0.05, 0) is 38.1 Å². The van der Waals surface area contributed by atoms with E-state index < -0.39 is 0 Å². The van der Waals surface area contributed by atoms with Gasteiger partial charge < -0.3 is 10.5 Å². The van der Waals surface area contributed by atoms with Gasteiger partial charge in [-0.1, -0.05) is 11.8 Å². The van der Waals surface area contributed by atoms with Crippen LogP contribution in [-0.2, 0) is 0 Å². The molecule has 0 spiro atoms. The molecule has 1 aliphatic rings. The van der Waals surface area contributed by atoms with Gasteiger partial charge in [-0.2, -0.15) is 0 Å². The van der Waals surface area contributed by atoms with Gasteiger partial charge in [-0.25, -0.2) is 9.97 Å². The molecule has 2 heterocycles. The number of likely N-dealkylation sites (tertiary alicyclic amines) is 1. The van der Waals surface area contributed by atoms with E-state index in [0.717, 1.165) is 36.1 Å². The summed E-state index contributed by atoms with van der Waals surface area (Å²) in [7, 11) is 1.63. The summed E-state index contributed by atoms with van der Waals surface area (Å²) in [6, 6.07) is 3.76. The summed E-state index contributed by atoms with van der Waals surface area (Å²) in [5.74, 6) is 7.56. The van der Waals surface area contributed by atoms with Crippen molar-refractivity contribution < 1.29 is 4.74 Å². The minimum absolute atomic E-state index is 0.454. The fourth-order valence-corrected chi connectivity index (χ4v) is 2.56. The fraction of sp³-hybridized carbons (Fsp3) is 0.375. The summed E-state index contributed by atoms with van der Waals surface area (Å²) in [5, 5.41) is 0.791. The molecule has 1 aromatic carbocycles. The molecule has 1 saturated heterocycles. The van der Waals surface area contributed by atoms with Crippen LogP contribution in [0.3, 0.4) is 0 Å². The second-order valence-electron chi connectivity index (χ2n) is 5.11. The van der Waals surface area contributed by atoms with Gasteiger partial charge in [0.2, 0.25) is 0 Å². The highest BCUT2D eigenvalue weighted by Crippen LogP contribution is 2.26. The van der Waals surface area contributed by atoms with Crippen molar-refractivity contribution in [3.63, 3.8) is 0 Å². The highest BCUT2D eigenvalue weighted by Gasteiger charge is 2.10. The molecule has 0 amide bonds. The lowest BCUT2D eigenvalue weighted by Gasteiger charge is -2.09. The third kappa shape index (κ3) is 2.91. The minimum atomic E-state index is 0.454. The van der Waals surface area contributed by atoms with Crippen molar-refractivity contribution in [2.24, 2.45) is 0 Å². The molecule has 1 aliphatic heterocycles. The molecule has 0 atom stereocenters. The van der Waals surface area contributed by atoms with E-state index in [4.69, 9.17) is 10.5 Å². The molecule has 0 saturated carbocycles. The van der Waals surface area contributed by atoms with Crippen LogP contribution in [0.4, 0.5) is 5.82 Å². The monoisotopic (exact) mass is 282 g/mol. The largest absolute Gasteiger partial charge is 0.495 e. The maximum Gasteiger partial charge on any atom is 0.135 e. The van der Waals surface area contributed by atoms with Crippen LogP contribution >= 0.6 is 0 Å². The Morgan fingerprint density at radius 1 is 1.29 bits per heavy atom. The summed E-state index contributed by atoms with van der Waals surface area (Å²) in [6.45, 7) is 3.09. The topological polar surface area (TPSA) is 64.3 Å². The van der Waals surface area contributed by atoms with Crippen molar-refractivity contribution in [1.82, 2.24) is 14.9 Å². The standard InChI is InChI=1S/C16H18N4O/c1-21-15-10-13-14(18-11-19-16(13)17)9-12(15)5-4-8-20-6-2-3-7-20/h9-11H,2-3,6-8H2,1H3,(H2,17,18,19). The molecule has 3 rings (SSSR count). The lowest BCUT2D eigenvalue weighted by Crippen LogP contribution is -2.18. The zero-order valence-electron chi connectivity index (χ0n) is 12.1. The van der Waals surface area contributed by atoms with E-state index in [2.05, 4.69) is 26.7 Å². The van der Waals surface area contributed by atoms with E-state index in [1.54, 1.807) is 7.11 Å². The second-order valence-corrected chi connectivity index (χ2v) is 5.11. The van der Waals surface area contributed by atoms with Gasteiger partial charge in [0.15, 0.2) is 0 Å². The quantitative estimate of drug-likeness (QED) is 0.849. The lowest BCUT2D eigenvalue weighted by atomic mass is 10.1. The third-order valence-corrected chi connectivity index (χ3v) is 3.71. The smallest absolute Gasteiger partial charge is 0.135 e. The summed E-state index contributed by atoms with van der Waals surface area (Å²) in [4.78, 5) is 10.6. The Morgan fingerprint density at radius 3 is 2.86 bits per heavy atom. The number of anilines is 1. The van der Waals surface area contributed by atoms with Crippen LogP contribution in [0.15, 0.2) is 18.5 Å². The number of ether oxygens (including phenoxy) is 1. The van der Waals surface area contributed by atoms with Crippen molar-refractivity contribution in [2.75, 3.05) is 32.5 Å². The Morgan fingerprint density at radius 2 is 2.10 bits per heavy atom. The van der Waals surface area contributed by atoms with Crippen LogP contribution in [0.5, 0.6) is 5.75 Å². The zero-order chi connectivity index (χ0) is 14.7. The second kappa shape index (κ2) is 5.98. The number of methoxy groups -OCH3 is 1. The van der Waals surface area contributed by atoms with Gasteiger partial charge in [0.05, 0.1) is 24.7 Å². The Bertz CT molecular complexity index is 711. The number of nitrogen functional groups attached to an aromatic ring is 1. The lowest BCUT2D eigenvalue weighted by molar-refractivity contribution is 0.383. The molecule has 0 radical (unpaired) electrons.